The molecule has 0 aliphatic heterocycles. The first-order valence-corrected chi connectivity index (χ1v) is 5.20. The smallest absolute Gasteiger partial charge is 0.175 e. The molecule has 0 saturated heterocycles. The lowest BCUT2D eigenvalue weighted by atomic mass is 10.1. The topological polar surface area (TPSA) is 55.6 Å². The van der Waals surface area contributed by atoms with E-state index in [2.05, 4.69) is 27.7 Å². The van der Waals surface area contributed by atoms with Gasteiger partial charge < -0.3 is 5.32 Å². The van der Waals surface area contributed by atoms with Gasteiger partial charge in [0.15, 0.2) is 5.82 Å². The highest BCUT2D eigenvalue weighted by Gasteiger charge is 2.21. The Morgan fingerprint density at radius 2 is 2.36 bits per heavy atom. The summed E-state index contributed by atoms with van der Waals surface area (Å²) in [6.07, 6.45) is 3.60. The Kier molecular flexibility index (Phi) is 2.77. The first-order valence-electron chi connectivity index (χ1n) is 5.20. The second-order valence-corrected chi connectivity index (χ2v) is 4.19. The van der Waals surface area contributed by atoms with Crippen LogP contribution in [0, 0.1) is 5.92 Å². The molecule has 1 aliphatic rings. The molecule has 1 fully saturated rings. The quantitative estimate of drug-likeness (QED) is 0.726. The molecule has 0 aromatic carbocycles. The molecular formula is C9H17N5. The molecule has 1 N–H and O–H groups in total. The van der Waals surface area contributed by atoms with Crippen molar-refractivity contribution in [2.75, 3.05) is 6.54 Å². The van der Waals surface area contributed by atoms with Crippen LogP contribution in [0.3, 0.4) is 0 Å². The summed E-state index contributed by atoms with van der Waals surface area (Å²) in [5, 5.41) is 15.4. The second kappa shape index (κ2) is 4.04. The molecule has 1 unspecified atom stereocenters. The van der Waals surface area contributed by atoms with Crippen LogP contribution < -0.4 is 5.32 Å². The van der Waals surface area contributed by atoms with Gasteiger partial charge in [-0.15, -0.1) is 10.2 Å². The molecule has 1 aromatic heterocycles. The molecule has 14 heavy (non-hydrogen) atoms. The van der Waals surface area contributed by atoms with Crippen molar-refractivity contribution >= 4 is 0 Å². The third-order valence-corrected chi connectivity index (χ3v) is 2.41. The number of tetrazole rings is 1. The Balaban J connectivity index is 1.72. The fraction of sp³-hybridized carbons (Fsp3) is 0.889. The maximum absolute atomic E-state index is 4.16. The van der Waals surface area contributed by atoms with Gasteiger partial charge in [0.2, 0.25) is 0 Å². The molecule has 0 spiro atoms. The van der Waals surface area contributed by atoms with E-state index in [1.165, 1.54) is 17.6 Å². The van der Waals surface area contributed by atoms with Crippen LogP contribution in [0.1, 0.15) is 25.6 Å². The van der Waals surface area contributed by atoms with E-state index < -0.39 is 0 Å². The average Bonchev–Trinajstić information content (AvgIpc) is 2.88. The van der Waals surface area contributed by atoms with Crippen molar-refractivity contribution in [2.45, 2.75) is 32.2 Å². The van der Waals surface area contributed by atoms with Gasteiger partial charge in [-0.25, -0.2) is 0 Å². The predicted octanol–water partition coefficient (Wildman–Crippen LogP) is 0.141. The number of aromatic nitrogens is 4. The Labute approximate surface area is 83.9 Å². The fourth-order valence-corrected chi connectivity index (χ4v) is 1.44. The molecule has 78 valence electrons. The molecule has 0 bridgehead atoms. The first kappa shape index (κ1) is 9.58. The van der Waals surface area contributed by atoms with E-state index in [4.69, 9.17) is 0 Å². The van der Waals surface area contributed by atoms with Crippen LogP contribution >= 0.6 is 0 Å². The van der Waals surface area contributed by atoms with Crippen molar-refractivity contribution in [2.24, 2.45) is 13.0 Å². The predicted molar refractivity (Wildman–Crippen MR) is 52.7 cm³/mol. The van der Waals surface area contributed by atoms with E-state index in [0.717, 1.165) is 24.8 Å². The summed E-state index contributed by atoms with van der Waals surface area (Å²) in [5.74, 6) is 1.43. The zero-order chi connectivity index (χ0) is 9.97. The minimum absolute atomic E-state index is 0.583. The molecule has 1 aliphatic carbocycles. The lowest BCUT2D eigenvalue weighted by Gasteiger charge is -2.09. The zero-order valence-corrected chi connectivity index (χ0v) is 8.77. The molecule has 1 heterocycles. The van der Waals surface area contributed by atoms with Crippen molar-refractivity contribution in [1.29, 1.82) is 0 Å². The van der Waals surface area contributed by atoms with E-state index in [0.29, 0.717) is 5.92 Å². The van der Waals surface area contributed by atoms with Crippen LogP contribution in [0.25, 0.3) is 0 Å². The Morgan fingerprint density at radius 3 is 2.93 bits per heavy atom. The van der Waals surface area contributed by atoms with Crippen LogP contribution in [0.4, 0.5) is 0 Å². The molecule has 2 rings (SSSR count). The van der Waals surface area contributed by atoms with Gasteiger partial charge in [-0.3, -0.25) is 0 Å². The van der Waals surface area contributed by atoms with Gasteiger partial charge in [-0.1, -0.05) is 6.92 Å². The molecule has 1 aromatic rings. The largest absolute Gasteiger partial charge is 0.314 e. The number of nitrogens with one attached hydrogen (secondary N) is 1. The summed E-state index contributed by atoms with van der Waals surface area (Å²) in [4.78, 5) is 1.51. The van der Waals surface area contributed by atoms with Crippen molar-refractivity contribution in [1.82, 2.24) is 25.5 Å². The van der Waals surface area contributed by atoms with Crippen molar-refractivity contribution in [3.05, 3.63) is 5.82 Å². The van der Waals surface area contributed by atoms with Crippen LogP contribution in [0.2, 0.25) is 0 Å². The van der Waals surface area contributed by atoms with Crippen LogP contribution in [0.5, 0.6) is 0 Å². The van der Waals surface area contributed by atoms with E-state index in [-0.39, 0.29) is 0 Å². The van der Waals surface area contributed by atoms with Crippen LogP contribution in [-0.2, 0) is 13.5 Å². The van der Waals surface area contributed by atoms with E-state index in [1.54, 1.807) is 7.05 Å². The Morgan fingerprint density at radius 1 is 1.57 bits per heavy atom. The van der Waals surface area contributed by atoms with Crippen molar-refractivity contribution in [3.63, 3.8) is 0 Å². The monoisotopic (exact) mass is 195 g/mol. The first-order chi connectivity index (χ1) is 6.74. The van der Waals surface area contributed by atoms with Gasteiger partial charge in [0.1, 0.15) is 0 Å². The molecule has 1 saturated carbocycles. The number of hydrogen-bond acceptors (Lipinski definition) is 4. The van der Waals surface area contributed by atoms with E-state index >= 15 is 0 Å². The summed E-state index contributed by atoms with van der Waals surface area (Å²) >= 11 is 0. The van der Waals surface area contributed by atoms with Crippen LogP contribution in [-0.4, -0.2) is 32.8 Å². The molecule has 0 radical (unpaired) electrons. The highest BCUT2D eigenvalue weighted by Crippen LogP contribution is 2.18. The van der Waals surface area contributed by atoms with E-state index in [1.807, 2.05) is 0 Å². The number of aryl methyl sites for hydroxylation is 1. The SMILES string of the molecule is CC(CNC1CC1)Cc1nnn(C)n1. The second-order valence-electron chi connectivity index (χ2n) is 4.19. The summed E-state index contributed by atoms with van der Waals surface area (Å²) < 4.78 is 0. The average molecular weight is 195 g/mol. The highest BCUT2D eigenvalue weighted by atomic mass is 15.6. The fourth-order valence-electron chi connectivity index (χ4n) is 1.44. The van der Waals surface area contributed by atoms with Gasteiger partial charge in [0.25, 0.3) is 0 Å². The standard InChI is InChI=1S/C9H17N5/c1-7(6-10-8-3-4-8)5-9-11-13-14(2)12-9/h7-8,10H,3-6H2,1-2H3. The third kappa shape index (κ3) is 2.77. The van der Waals surface area contributed by atoms with Gasteiger partial charge in [0.05, 0.1) is 7.05 Å². The van der Waals surface area contributed by atoms with Crippen molar-refractivity contribution in [3.8, 4) is 0 Å². The summed E-state index contributed by atoms with van der Waals surface area (Å²) in [6, 6.07) is 0.785. The normalized spacial score (nSPS) is 18.4. The van der Waals surface area contributed by atoms with E-state index in [9.17, 15) is 0 Å². The van der Waals surface area contributed by atoms with Gasteiger partial charge in [-0.2, -0.15) is 4.80 Å². The zero-order valence-electron chi connectivity index (χ0n) is 8.77. The summed E-state index contributed by atoms with van der Waals surface area (Å²) in [6.45, 7) is 3.27. The Hall–Kier alpha value is -0.970. The van der Waals surface area contributed by atoms with Gasteiger partial charge in [-0.05, 0) is 30.5 Å². The molecule has 5 heteroatoms. The maximum Gasteiger partial charge on any atom is 0.175 e. The van der Waals surface area contributed by atoms with Crippen LogP contribution in [0.15, 0.2) is 0 Å². The molecule has 5 nitrogen and oxygen atoms in total. The summed E-state index contributed by atoms with van der Waals surface area (Å²) in [5.41, 5.74) is 0. The number of nitrogens with zero attached hydrogens (tertiary/aromatic N) is 4. The minimum Gasteiger partial charge on any atom is -0.314 e. The number of rotatable bonds is 5. The maximum atomic E-state index is 4.16. The van der Waals surface area contributed by atoms with Gasteiger partial charge >= 0.3 is 0 Å². The minimum atomic E-state index is 0.583. The lowest BCUT2D eigenvalue weighted by Crippen LogP contribution is -2.24. The van der Waals surface area contributed by atoms with Crippen molar-refractivity contribution < 1.29 is 0 Å². The molecular weight excluding hydrogens is 178 g/mol. The number of hydrogen-bond donors (Lipinski definition) is 1. The van der Waals surface area contributed by atoms with Gasteiger partial charge in [0, 0.05) is 12.5 Å². The Bertz CT molecular complexity index is 291. The molecule has 0 amide bonds. The molecule has 1 atom stereocenters. The lowest BCUT2D eigenvalue weighted by molar-refractivity contribution is 0.497. The third-order valence-electron chi connectivity index (χ3n) is 2.41. The highest BCUT2D eigenvalue weighted by molar-refractivity contribution is 4.84. The summed E-state index contributed by atoms with van der Waals surface area (Å²) in [7, 11) is 1.80.